The van der Waals surface area contributed by atoms with Crippen molar-refractivity contribution in [1.29, 1.82) is 0 Å². The molecule has 0 aromatic heterocycles. The van der Waals surface area contributed by atoms with E-state index < -0.39 is 91.9 Å². The normalized spacial score (nSPS) is 31.7. The minimum absolute atomic E-state index is 0.118. The van der Waals surface area contributed by atoms with E-state index in [1.54, 1.807) is 50.1 Å². The summed E-state index contributed by atoms with van der Waals surface area (Å²) >= 11 is 0. The molecule has 4 rings (SSSR count). The van der Waals surface area contributed by atoms with Gasteiger partial charge in [-0.15, -0.1) is 0 Å². The van der Waals surface area contributed by atoms with Gasteiger partial charge in [-0.2, -0.15) is 0 Å². The lowest BCUT2D eigenvalue weighted by Gasteiger charge is -2.47. The van der Waals surface area contributed by atoms with Gasteiger partial charge in [-0.05, 0) is 51.7 Å². The third-order valence-corrected chi connectivity index (χ3v) is 10.8. The molecule has 1 amide bonds. The van der Waals surface area contributed by atoms with Crippen molar-refractivity contribution < 1.29 is 72.1 Å². The first-order chi connectivity index (χ1) is 28.7. The number of allylic oxidation sites excluding steroid dienone is 1. The van der Waals surface area contributed by atoms with Crippen LogP contribution in [0.25, 0.3) is 6.08 Å². The number of carbonyl (C=O) groups is 5. The second-order valence-corrected chi connectivity index (χ2v) is 15.5. The number of esters is 4. The number of rotatable bonds is 10. The molecule has 1 aromatic carbocycles. The Morgan fingerprint density at radius 2 is 1.62 bits per heavy atom. The molecule has 0 saturated carbocycles. The van der Waals surface area contributed by atoms with Gasteiger partial charge in [-0.25, -0.2) is 9.59 Å². The monoisotopic (exact) mass is 845 g/mol. The summed E-state index contributed by atoms with van der Waals surface area (Å²) < 4.78 is 48.1. The standard InChI is InChI=1S/C44H63NO15/c1-7-9-12-19-31-20-15-11-16-25-45(6)33(47)22-24-34(48)53-26-32-39(58-35(49)23-21-30-17-13-10-14-18-30)40(59-42(52)27(3)8-2)37(51)43(57-32)60-41-36(50)38(55-29(5)46)28(4)54-44(41)56-31/h8,10,13-14,17-18,21,23,28,31-32,36-41,43-44,50-51H,7,9,11-12,15-16,19-20,22,24-26H2,1-6H3/b23-21+,27-8+/t28-,31+,32-,36+,37-,38+,39-,40-,41-,43+,44+/m1/s1. The van der Waals surface area contributed by atoms with Crippen molar-refractivity contribution in [1.82, 2.24) is 4.90 Å². The molecule has 0 radical (unpaired) electrons. The first-order valence-corrected chi connectivity index (χ1v) is 21.0. The van der Waals surface area contributed by atoms with Gasteiger partial charge in [-0.3, -0.25) is 14.4 Å². The molecule has 3 aliphatic rings. The van der Waals surface area contributed by atoms with Gasteiger partial charge in [-0.1, -0.05) is 75.4 Å². The summed E-state index contributed by atoms with van der Waals surface area (Å²) in [6.07, 6.45) is -4.92. The van der Waals surface area contributed by atoms with Crippen molar-refractivity contribution in [3.8, 4) is 0 Å². The van der Waals surface area contributed by atoms with Crippen molar-refractivity contribution in [2.24, 2.45) is 0 Å². The minimum atomic E-state index is -1.88. The summed E-state index contributed by atoms with van der Waals surface area (Å²) in [4.78, 5) is 66.4. The predicted octanol–water partition coefficient (Wildman–Crippen LogP) is 4.32. The maximum atomic E-state index is 13.4. The van der Waals surface area contributed by atoms with Gasteiger partial charge in [0.2, 0.25) is 5.91 Å². The van der Waals surface area contributed by atoms with E-state index in [4.69, 9.17) is 37.9 Å². The number of aliphatic hydroxyl groups is 2. The Kier molecular flexibility index (Phi) is 19.6. The van der Waals surface area contributed by atoms with E-state index in [0.717, 1.165) is 44.6 Å². The summed E-state index contributed by atoms with van der Waals surface area (Å²) in [5, 5.41) is 23.8. The van der Waals surface area contributed by atoms with Crippen LogP contribution in [0.1, 0.15) is 104 Å². The lowest BCUT2D eigenvalue weighted by molar-refractivity contribution is -0.369. The molecule has 3 saturated heterocycles. The number of carbonyl (C=O) groups excluding carboxylic acids is 5. The molecule has 3 aliphatic heterocycles. The SMILES string of the molecule is C/C=C(\C)C(=O)O[C@@H]1[C@@H](O)[C@@H]2O[C@H]3[C@H](O[C@@H](CCCCC)CCCCCN(C)C(=O)CCC(=O)OC[C@@H](O2)[C@H]1OC(=O)/C=C/c1ccccc1)O[C@H](C)[C@H](OC(C)=O)[C@@H]3O. The molecule has 11 atom stereocenters. The van der Waals surface area contributed by atoms with Crippen molar-refractivity contribution >= 4 is 35.9 Å². The first kappa shape index (κ1) is 48.5. The molecule has 0 unspecified atom stereocenters. The number of nitrogens with zero attached hydrogens (tertiary/aromatic N) is 1. The van der Waals surface area contributed by atoms with Crippen molar-refractivity contribution in [3.63, 3.8) is 0 Å². The van der Waals surface area contributed by atoms with Crippen LogP contribution in [-0.4, -0.2) is 133 Å². The van der Waals surface area contributed by atoms with Crippen molar-refractivity contribution in [3.05, 3.63) is 53.6 Å². The van der Waals surface area contributed by atoms with Crippen LogP contribution < -0.4 is 0 Å². The molecule has 2 N–H and O–H groups in total. The van der Waals surface area contributed by atoms with Gasteiger partial charge in [0.15, 0.2) is 30.9 Å². The first-order valence-electron chi connectivity index (χ1n) is 21.0. The molecule has 3 heterocycles. The number of benzene rings is 1. The Balaban J connectivity index is 1.76. The summed E-state index contributed by atoms with van der Waals surface area (Å²) in [7, 11) is 1.68. The third-order valence-electron chi connectivity index (χ3n) is 10.8. The van der Waals surface area contributed by atoms with Gasteiger partial charge in [0, 0.05) is 38.6 Å². The molecule has 16 heteroatoms. The van der Waals surface area contributed by atoms with E-state index in [1.807, 2.05) is 6.07 Å². The Labute approximate surface area is 352 Å². The number of ether oxygens (including phenoxy) is 8. The summed E-state index contributed by atoms with van der Waals surface area (Å²) in [5.74, 6) is -3.44. The number of fused-ring (bicyclic) bond motifs is 3. The molecule has 0 spiro atoms. The molecule has 16 nitrogen and oxygen atoms in total. The molecular weight excluding hydrogens is 782 g/mol. The second-order valence-electron chi connectivity index (χ2n) is 15.5. The molecule has 0 aliphatic carbocycles. The molecular formula is C44H63NO15. The fourth-order valence-electron chi connectivity index (χ4n) is 7.17. The van der Waals surface area contributed by atoms with E-state index >= 15 is 0 Å². The fraction of sp³-hybridized carbons (Fsp3) is 0.659. The highest BCUT2D eigenvalue weighted by molar-refractivity contribution is 5.88. The van der Waals surface area contributed by atoms with Gasteiger partial charge in [0.25, 0.3) is 0 Å². The van der Waals surface area contributed by atoms with E-state index in [9.17, 15) is 34.2 Å². The molecule has 3 fully saturated rings. The van der Waals surface area contributed by atoms with Crippen LogP contribution in [0, 0.1) is 0 Å². The number of amides is 1. The summed E-state index contributed by atoms with van der Waals surface area (Å²) in [6, 6.07) is 8.91. The fourth-order valence-corrected chi connectivity index (χ4v) is 7.17. The van der Waals surface area contributed by atoms with Gasteiger partial charge < -0.3 is 53.0 Å². The zero-order chi connectivity index (χ0) is 43.8. The van der Waals surface area contributed by atoms with Crippen molar-refractivity contribution in [2.45, 2.75) is 166 Å². The Bertz CT molecular complexity index is 1620. The van der Waals surface area contributed by atoms with E-state index in [2.05, 4.69) is 6.92 Å². The number of cyclic esters (lactones) is 1. The average molecular weight is 846 g/mol. The zero-order valence-corrected chi connectivity index (χ0v) is 35.6. The highest BCUT2D eigenvalue weighted by Crippen LogP contribution is 2.34. The zero-order valence-electron chi connectivity index (χ0n) is 35.6. The maximum absolute atomic E-state index is 13.4. The van der Waals surface area contributed by atoms with Gasteiger partial charge in [0.05, 0.1) is 18.6 Å². The highest BCUT2D eigenvalue weighted by atomic mass is 16.8. The van der Waals surface area contributed by atoms with Crippen LogP contribution in [0.2, 0.25) is 0 Å². The summed E-state index contributed by atoms with van der Waals surface area (Å²) in [5.41, 5.74) is 0.855. The minimum Gasteiger partial charge on any atom is -0.463 e. The van der Waals surface area contributed by atoms with Crippen LogP contribution in [-0.2, 0) is 61.9 Å². The lowest BCUT2D eigenvalue weighted by atomic mass is 9.96. The second kappa shape index (κ2) is 24.3. The van der Waals surface area contributed by atoms with E-state index in [0.29, 0.717) is 24.9 Å². The highest BCUT2D eigenvalue weighted by Gasteiger charge is 2.55. The lowest BCUT2D eigenvalue weighted by Crippen LogP contribution is -2.65. The number of aliphatic hydroxyl groups excluding tert-OH is 2. The predicted molar refractivity (Wildman–Crippen MR) is 215 cm³/mol. The van der Waals surface area contributed by atoms with Crippen LogP contribution >= 0.6 is 0 Å². The van der Waals surface area contributed by atoms with E-state index in [1.165, 1.54) is 26.0 Å². The van der Waals surface area contributed by atoms with Crippen LogP contribution in [0.5, 0.6) is 0 Å². The maximum Gasteiger partial charge on any atom is 0.333 e. The third kappa shape index (κ3) is 14.5. The largest absolute Gasteiger partial charge is 0.463 e. The molecule has 60 heavy (non-hydrogen) atoms. The Morgan fingerprint density at radius 1 is 0.867 bits per heavy atom. The average Bonchev–Trinajstić information content (AvgIpc) is 3.22. The van der Waals surface area contributed by atoms with Gasteiger partial charge in [0.1, 0.15) is 31.0 Å². The van der Waals surface area contributed by atoms with E-state index in [-0.39, 0.29) is 30.4 Å². The Hall–Kier alpha value is -4.19. The Morgan fingerprint density at radius 3 is 2.32 bits per heavy atom. The molecule has 1 aromatic rings. The topological polar surface area (TPSA) is 203 Å². The van der Waals surface area contributed by atoms with Gasteiger partial charge >= 0.3 is 23.9 Å². The number of hydrogen-bond donors (Lipinski definition) is 2. The van der Waals surface area contributed by atoms with Crippen LogP contribution in [0.4, 0.5) is 0 Å². The van der Waals surface area contributed by atoms with Crippen LogP contribution in [0.3, 0.4) is 0 Å². The smallest absolute Gasteiger partial charge is 0.333 e. The summed E-state index contributed by atoms with van der Waals surface area (Å²) in [6.45, 7) is 7.90. The van der Waals surface area contributed by atoms with Crippen molar-refractivity contribution in [2.75, 3.05) is 20.2 Å². The number of hydrogen-bond acceptors (Lipinski definition) is 15. The number of unbranched alkanes of at least 4 members (excludes halogenated alkanes) is 2. The molecule has 2 bridgehead atoms. The quantitative estimate of drug-likeness (QED) is 0.146. The van der Waals surface area contributed by atoms with Crippen LogP contribution in [0.15, 0.2) is 48.1 Å². The molecule has 334 valence electrons.